The molecule has 2 heteroatoms. The van der Waals surface area contributed by atoms with E-state index in [1.807, 2.05) is 0 Å². The normalized spacial score (nSPS) is 17.8. The van der Waals surface area contributed by atoms with Crippen LogP contribution in [0.5, 0.6) is 0 Å². The highest BCUT2D eigenvalue weighted by Crippen LogP contribution is 2.55. The number of H-pyrrole nitrogens is 1. The van der Waals surface area contributed by atoms with Gasteiger partial charge >= 0.3 is 0 Å². The van der Waals surface area contributed by atoms with Crippen LogP contribution in [0.25, 0.3) is 32.9 Å². The van der Waals surface area contributed by atoms with Crippen LogP contribution in [0.4, 0.5) is 0 Å². The minimum atomic E-state index is -0.179. The molecule has 0 amide bonds. The van der Waals surface area contributed by atoms with Gasteiger partial charge in [0.2, 0.25) is 0 Å². The van der Waals surface area contributed by atoms with Crippen molar-refractivity contribution < 1.29 is 0 Å². The van der Waals surface area contributed by atoms with E-state index in [1.165, 1.54) is 49.6 Å². The number of aromatic amines is 1. The van der Waals surface area contributed by atoms with Gasteiger partial charge in [-0.1, -0.05) is 82.7 Å². The van der Waals surface area contributed by atoms with Crippen molar-refractivity contribution in [2.45, 2.75) is 12.3 Å². The van der Waals surface area contributed by atoms with Crippen molar-refractivity contribution >= 4 is 37.7 Å². The third kappa shape index (κ3) is 1.96. The van der Waals surface area contributed by atoms with Crippen molar-refractivity contribution in [2.75, 3.05) is 0 Å². The number of aromatic nitrogens is 1. The molecule has 1 aliphatic rings. The molecule has 1 aliphatic carbocycles. The van der Waals surface area contributed by atoms with Crippen LogP contribution in [-0.2, 0) is 5.41 Å². The summed E-state index contributed by atoms with van der Waals surface area (Å²) in [4.78, 5) is 3.71. The highest BCUT2D eigenvalue weighted by Gasteiger charge is 2.42. The van der Waals surface area contributed by atoms with Crippen molar-refractivity contribution in [3.63, 3.8) is 0 Å². The summed E-state index contributed by atoms with van der Waals surface area (Å²) in [6.07, 6.45) is 0. The second-order valence-electron chi connectivity index (χ2n) is 7.76. The van der Waals surface area contributed by atoms with E-state index in [2.05, 4.69) is 113 Å². The monoisotopic (exact) mass is 423 g/mol. The zero-order valence-electron chi connectivity index (χ0n) is 15.5. The average molecular weight is 424 g/mol. The molecule has 4 aromatic carbocycles. The second kappa shape index (κ2) is 5.59. The largest absolute Gasteiger partial charge is 0.354 e. The molecular weight excluding hydrogens is 406 g/mol. The Kier molecular flexibility index (Phi) is 3.22. The van der Waals surface area contributed by atoms with E-state index in [9.17, 15) is 0 Å². The van der Waals surface area contributed by atoms with Crippen LogP contribution in [0.3, 0.4) is 0 Å². The molecule has 0 saturated heterocycles. The van der Waals surface area contributed by atoms with E-state index < -0.39 is 0 Å². The molecule has 0 aliphatic heterocycles. The second-order valence-corrected chi connectivity index (χ2v) is 8.68. The Bertz CT molecular complexity index is 1380. The molecule has 28 heavy (non-hydrogen) atoms. The molecule has 1 atom stereocenters. The van der Waals surface area contributed by atoms with Gasteiger partial charge < -0.3 is 4.98 Å². The van der Waals surface area contributed by atoms with Gasteiger partial charge in [-0.3, -0.25) is 0 Å². The Balaban J connectivity index is 1.80. The fourth-order valence-corrected chi connectivity index (χ4v) is 5.35. The van der Waals surface area contributed by atoms with Crippen LogP contribution in [0.2, 0.25) is 0 Å². The highest BCUT2D eigenvalue weighted by atomic mass is 79.9. The fraction of sp³-hybridized carbons (Fsp3) is 0.0769. The number of halogens is 1. The lowest BCUT2D eigenvalue weighted by Crippen LogP contribution is -2.22. The zero-order chi connectivity index (χ0) is 18.9. The summed E-state index contributed by atoms with van der Waals surface area (Å²) < 4.78 is 1.12. The number of hydrogen-bond acceptors (Lipinski definition) is 0. The van der Waals surface area contributed by atoms with Crippen LogP contribution in [0.1, 0.15) is 23.6 Å². The Morgan fingerprint density at radius 1 is 0.750 bits per heavy atom. The standard InChI is InChI=1S/C26H18BrN/c1-26(16-7-3-2-4-8-16)21-14-13-19-18-9-5-6-10-23(18)28-25(19)24(21)20-12-11-17(27)15-22(20)26/h2-15,28H,1H3. The van der Waals surface area contributed by atoms with E-state index in [4.69, 9.17) is 0 Å². The van der Waals surface area contributed by atoms with E-state index in [-0.39, 0.29) is 5.41 Å². The first-order valence-electron chi connectivity index (χ1n) is 9.58. The lowest BCUT2D eigenvalue weighted by molar-refractivity contribution is 0.714. The number of benzene rings is 4. The van der Waals surface area contributed by atoms with Gasteiger partial charge in [-0.25, -0.2) is 0 Å². The van der Waals surface area contributed by atoms with E-state index in [1.54, 1.807) is 0 Å². The Morgan fingerprint density at radius 3 is 2.39 bits per heavy atom. The first-order chi connectivity index (χ1) is 13.7. The Hall–Kier alpha value is -2.84. The summed E-state index contributed by atoms with van der Waals surface area (Å²) in [5.41, 5.74) is 8.95. The van der Waals surface area contributed by atoms with Crippen molar-refractivity contribution in [1.82, 2.24) is 4.98 Å². The molecule has 0 fully saturated rings. The molecule has 6 rings (SSSR count). The first-order valence-corrected chi connectivity index (χ1v) is 10.4. The molecule has 0 radical (unpaired) electrons. The van der Waals surface area contributed by atoms with Crippen molar-refractivity contribution in [3.05, 3.63) is 106 Å². The molecule has 0 saturated carbocycles. The summed E-state index contributed by atoms with van der Waals surface area (Å²) in [6.45, 7) is 2.36. The third-order valence-electron chi connectivity index (χ3n) is 6.36. The van der Waals surface area contributed by atoms with Gasteiger partial charge in [0.1, 0.15) is 0 Å². The summed E-state index contributed by atoms with van der Waals surface area (Å²) >= 11 is 3.70. The van der Waals surface area contributed by atoms with Crippen LogP contribution < -0.4 is 0 Å². The zero-order valence-corrected chi connectivity index (χ0v) is 17.0. The van der Waals surface area contributed by atoms with Crippen molar-refractivity contribution in [2.24, 2.45) is 0 Å². The number of fused-ring (bicyclic) bond motifs is 7. The minimum Gasteiger partial charge on any atom is -0.354 e. The quantitative estimate of drug-likeness (QED) is 0.288. The van der Waals surface area contributed by atoms with Gasteiger partial charge in [0.15, 0.2) is 0 Å². The van der Waals surface area contributed by atoms with Gasteiger partial charge in [-0.15, -0.1) is 0 Å². The third-order valence-corrected chi connectivity index (χ3v) is 6.85. The van der Waals surface area contributed by atoms with Crippen LogP contribution in [-0.4, -0.2) is 4.98 Å². The fourth-order valence-electron chi connectivity index (χ4n) is 4.99. The minimum absolute atomic E-state index is 0.179. The maximum absolute atomic E-state index is 3.71. The molecule has 1 unspecified atom stereocenters. The lowest BCUT2D eigenvalue weighted by Gasteiger charge is -2.28. The van der Waals surface area contributed by atoms with Crippen LogP contribution in [0.15, 0.2) is 89.4 Å². The molecule has 134 valence electrons. The van der Waals surface area contributed by atoms with Crippen LogP contribution in [0, 0.1) is 0 Å². The van der Waals surface area contributed by atoms with Gasteiger partial charge in [-0.2, -0.15) is 0 Å². The Morgan fingerprint density at radius 2 is 1.54 bits per heavy atom. The molecule has 0 spiro atoms. The SMILES string of the molecule is CC1(c2ccccc2)c2cc(Br)ccc2-c2c1ccc1c2[nH]c2ccccc21. The maximum Gasteiger partial charge on any atom is 0.0547 e. The van der Waals surface area contributed by atoms with Gasteiger partial charge in [0.25, 0.3) is 0 Å². The summed E-state index contributed by atoms with van der Waals surface area (Å²) in [7, 11) is 0. The van der Waals surface area contributed by atoms with Crippen molar-refractivity contribution in [3.8, 4) is 11.1 Å². The van der Waals surface area contributed by atoms with Gasteiger partial charge in [-0.05, 0) is 47.4 Å². The average Bonchev–Trinajstić information content (AvgIpc) is 3.23. The smallest absolute Gasteiger partial charge is 0.0547 e. The van der Waals surface area contributed by atoms with Gasteiger partial charge in [0.05, 0.1) is 5.52 Å². The summed E-state index contributed by atoms with van der Waals surface area (Å²) in [5, 5.41) is 2.58. The highest BCUT2D eigenvalue weighted by molar-refractivity contribution is 9.10. The molecule has 5 aromatic rings. The van der Waals surface area contributed by atoms with Gasteiger partial charge in [0, 0.05) is 31.7 Å². The first kappa shape index (κ1) is 16.1. The number of nitrogens with one attached hydrogen (secondary N) is 1. The molecular formula is C26H18BrN. The predicted octanol–water partition coefficient (Wildman–Crippen LogP) is 7.42. The van der Waals surface area contributed by atoms with E-state index in [0.29, 0.717) is 0 Å². The summed E-state index contributed by atoms with van der Waals surface area (Å²) in [5.74, 6) is 0. The van der Waals surface area contributed by atoms with E-state index in [0.717, 1.165) is 4.47 Å². The lowest BCUT2D eigenvalue weighted by atomic mass is 9.74. The van der Waals surface area contributed by atoms with Crippen LogP contribution >= 0.6 is 15.9 Å². The van der Waals surface area contributed by atoms with E-state index >= 15 is 0 Å². The number of rotatable bonds is 1. The Labute approximate surface area is 172 Å². The topological polar surface area (TPSA) is 15.8 Å². The maximum atomic E-state index is 3.71. The molecule has 0 bridgehead atoms. The summed E-state index contributed by atoms with van der Waals surface area (Å²) in [6, 6.07) is 30.7. The number of hydrogen-bond donors (Lipinski definition) is 1. The molecule has 1 aromatic heterocycles. The van der Waals surface area contributed by atoms with Crippen molar-refractivity contribution in [1.29, 1.82) is 0 Å². The molecule has 1 nitrogen and oxygen atoms in total. The molecule has 1 heterocycles. The molecule has 1 N–H and O–H groups in total. The number of para-hydroxylation sites is 1. The predicted molar refractivity (Wildman–Crippen MR) is 121 cm³/mol.